The zero-order valence-corrected chi connectivity index (χ0v) is 12.0. The summed E-state index contributed by atoms with van der Waals surface area (Å²) in [5, 5.41) is 10.1. The molecule has 0 saturated carbocycles. The molecule has 0 aliphatic carbocycles. The molecule has 0 radical (unpaired) electrons. The van der Waals surface area contributed by atoms with Crippen molar-refractivity contribution < 1.29 is 13.5 Å². The minimum atomic E-state index is -3.34. The van der Waals surface area contributed by atoms with Gasteiger partial charge in [0.15, 0.2) is 9.84 Å². The van der Waals surface area contributed by atoms with Crippen LogP contribution in [0.15, 0.2) is 6.07 Å². The van der Waals surface area contributed by atoms with Crippen molar-refractivity contribution >= 4 is 32.8 Å². The Hall–Kier alpha value is -0.100. The van der Waals surface area contributed by atoms with E-state index >= 15 is 0 Å². The molecule has 1 unspecified atom stereocenters. The topological polar surface area (TPSA) is 54.4 Å². The lowest BCUT2D eigenvalue weighted by atomic mass is 10.0. The first-order chi connectivity index (χ1) is 7.07. The van der Waals surface area contributed by atoms with E-state index in [0.717, 1.165) is 11.8 Å². The highest BCUT2D eigenvalue weighted by Crippen LogP contribution is 2.38. The maximum Gasteiger partial charge on any atom is 0.155 e. The van der Waals surface area contributed by atoms with Gasteiger partial charge >= 0.3 is 0 Å². The van der Waals surface area contributed by atoms with E-state index in [1.54, 1.807) is 6.07 Å². The maximum atomic E-state index is 11.6. The van der Waals surface area contributed by atoms with E-state index in [1.807, 2.05) is 6.92 Å². The summed E-state index contributed by atoms with van der Waals surface area (Å²) in [6.45, 7) is 4.84. The van der Waals surface area contributed by atoms with Crippen molar-refractivity contribution in [1.82, 2.24) is 0 Å². The van der Waals surface area contributed by atoms with Gasteiger partial charge in [-0.15, -0.1) is 11.3 Å². The van der Waals surface area contributed by atoms with E-state index in [2.05, 4.69) is 0 Å². The number of sulfone groups is 1. The van der Waals surface area contributed by atoms with Gasteiger partial charge in [-0.1, -0.05) is 11.6 Å². The Morgan fingerprint density at radius 2 is 2.00 bits per heavy atom. The molecule has 16 heavy (non-hydrogen) atoms. The van der Waals surface area contributed by atoms with Gasteiger partial charge < -0.3 is 5.11 Å². The maximum absolute atomic E-state index is 11.6. The van der Waals surface area contributed by atoms with Crippen LogP contribution < -0.4 is 0 Å². The molecule has 1 heterocycles. The first-order valence-electron chi connectivity index (χ1n) is 4.71. The molecule has 1 N–H and O–H groups in total. The molecule has 0 fully saturated rings. The van der Waals surface area contributed by atoms with Crippen LogP contribution in [0.5, 0.6) is 0 Å². The molecular formula is C10H15ClO3S2. The molecule has 0 bridgehead atoms. The summed E-state index contributed by atoms with van der Waals surface area (Å²) in [5.74, 6) is 0. The molecule has 0 spiro atoms. The van der Waals surface area contributed by atoms with Crippen molar-refractivity contribution in [3.63, 3.8) is 0 Å². The average molecular weight is 283 g/mol. The average Bonchev–Trinajstić information content (AvgIpc) is 2.43. The Kier molecular flexibility index (Phi) is 3.75. The molecule has 1 aromatic rings. The van der Waals surface area contributed by atoms with Gasteiger partial charge in [-0.25, -0.2) is 8.42 Å². The van der Waals surface area contributed by atoms with Gasteiger partial charge in [0, 0.05) is 11.1 Å². The van der Waals surface area contributed by atoms with E-state index in [0.29, 0.717) is 9.21 Å². The third kappa shape index (κ3) is 2.42. The van der Waals surface area contributed by atoms with E-state index in [1.165, 1.54) is 25.2 Å². The van der Waals surface area contributed by atoms with Gasteiger partial charge in [0.25, 0.3) is 0 Å². The van der Waals surface area contributed by atoms with Crippen molar-refractivity contribution in [3.05, 3.63) is 20.8 Å². The largest absolute Gasteiger partial charge is 0.386 e. The summed E-state index contributed by atoms with van der Waals surface area (Å²) in [6.07, 6.45) is 0.0665. The van der Waals surface area contributed by atoms with E-state index in [-0.39, 0.29) is 0 Å². The zero-order chi connectivity index (χ0) is 12.7. The van der Waals surface area contributed by atoms with Crippen LogP contribution in [0, 0.1) is 6.92 Å². The van der Waals surface area contributed by atoms with Crippen LogP contribution in [0.1, 0.15) is 30.4 Å². The summed E-state index contributed by atoms with van der Waals surface area (Å²) in [7, 11) is -3.34. The minimum Gasteiger partial charge on any atom is -0.386 e. The number of rotatable bonds is 3. The summed E-state index contributed by atoms with van der Waals surface area (Å²) in [5.41, 5.74) is 0.852. The molecule has 92 valence electrons. The van der Waals surface area contributed by atoms with Crippen molar-refractivity contribution in [2.75, 3.05) is 6.26 Å². The van der Waals surface area contributed by atoms with Crippen LogP contribution in [0.2, 0.25) is 4.34 Å². The Bertz CT molecular complexity index is 469. The van der Waals surface area contributed by atoms with E-state index in [4.69, 9.17) is 11.6 Å². The number of hydrogen-bond acceptors (Lipinski definition) is 4. The molecule has 0 aliphatic heterocycles. The summed E-state index contributed by atoms with van der Waals surface area (Å²) >= 11 is 7.11. The molecule has 0 amide bonds. The molecule has 1 atom stereocenters. The van der Waals surface area contributed by atoms with Crippen molar-refractivity contribution in [2.24, 2.45) is 0 Å². The lowest BCUT2D eigenvalue weighted by molar-refractivity contribution is 0.143. The molecule has 3 nitrogen and oxygen atoms in total. The normalized spacial score (nSPS) is 15.1. The summed E-state index contributed by atoms with van der Waals surface area (Å²) in [6, 6.07) is 1.73. The zero-order valence-electron chi connectivity index (χ0n) is 9.61. The summed E-state index contributed by atoms with van der Waals surface area (Å²) < 4.78 is 22.5. The van der Waals surface area contributed by atoms with Crippen LogP contribution in [0.25, 0.3) is 0 Å². The highest BCUT2D eigenvalue weighted by Gasteiger charge is 2.39. The van der Waals surface area contributed by atoms with Gasteiger partial charge in [-0.3, -0.25) is 0 Å². The molecule has 0 aromatic carbocycles. The lowest BCUT2D eigenvalue weighted by Gasteiger charge is -2.27. The Labute approximate surface area is 105 Å². The number of aliphatic hydroxyl groups is 1. The van der Waals surface area contributed by atoms with Crippen LogP contribution in [0.4, 0.5) is 0 Å². The smallest absolute Gasteiger partial charge is 0.155 e. The third-order valence-electron chi connectivity index (χ3n) is 2.76. The minimum absolute atomic E-state index is 0.581. The predicted molar refractivity (Wildman–Crippen MR) is 67.9 cm³/mol. The first-order valence-corrected chi connectivity index (χ1v) is 7.79. The van der Waals surface area contributed by atoms with Gasteiger partial charge in [0.1, 0.15) is 6.10 Å². The highest BCUT2D eigenvalue weighted by atomic mass is 35.5. The van der Waals surface area contributed by atoms with Crippen LogP contribution >= 0.6 is 22.9 Å². The molecule has 1 aromatic heterocycles. The quantitative estimate of drug-likeness (QED) is 0.927. The van der Waals surface area contributed by atoms with Gasteiger partial charge in [0.2, 0.25) is 0 Å². The van der Waals surface area contributed by atoms with E-state index < -0.39 is 20.7 Å². The van der Waals surface area contributed by atoms with Crippen LogP contribution in [0.3, 0.4) is 0 Å². The third-order valence-corrected chi connectivity index (χ3v) is 6.50. The predicted octanol–water partition coefficient (Wildman–Crippen LogP) is 2.57. The Morgan fingerprint density at radius 1 is 1.50 bits per heavy atom. The van der Waals surface area contributed by atoms with Crippen molar-refractivity contribution in [1.29, 1.82) is 0 Å². The van der Waals surface area contributed by atoms with Crippen molar-refractivity contribution in [3.8, 4) is 0 Å². The number of thiophene rings is 1. The number of aryl methyl sites for hydroxylation is 1. The van der Waals surface area contributed by atoms with E-state index in [9.17, 15) is 13.5 Å². The monoisotopic (exact) mass is 282 g/mol. The molecule has 0 aliphatic rings. The van der Waals surface area contributed by atoms with Crippen LogP contribution in [-0.2, 0) is 9.84 Å². The first kappa shape index (κ1) is 14.0. The fourth-order valence-corrected chi connectivity index (χ4v) is 3.16. The fourth-order valence-electron chi connectivity index (χ4n) is 1.16. The highest BCUT2D eigenvalue weighted by molar-refractivity contribution is 7.92. The van der Waals surface area contributed by atoms with Crippen molar-refractivity contribution in [2.45, 2.75) is 31.6 Å². The second-order valence-corrected chi connectivity index (χ2v) is 8.67. The fraction of sp³-hybridized carbons (Fsp3) is 0.600. The summed E-state index contributed by atoms with van der Waals surface area (Å²) in [4.78, 5) is 0.581. The number of hydrogen-bond donors (Lipinski definition) is 1. The number of aliphatic hydroxyl groups excluding tert-OH is 1. The molecule has 1 rings (SSSR count). The second-order valence-electron chi connectivity index (χ2n) is 4.38. The molecule has 6 heteroatoms. The Balaban J connectivity index is 3.17. The SMILES string of the molecule is Cc1cc(C(O)C(C)(C)S(C)(=O)=O)sc1Cl. The van der Waals surface area contributed by atoms with Crippen LogP contribution in [-0.4, -0.2) is 24.5 Å². The lowest BCUT2D eigenvalue weighted by Crippen LogP contribution is -2.37. The standard InChI is InChI=1S/C10H15ClO3S2/c1-6-5-7(15-9(6)11)8(12)10(2,3)16(4,13)14/h5,8,12H,1-4H3. The van der Waals surface area contributed by atoms with Gasteiger partial charge in [-0.05, 0) is 32.4 Å². The second kappa shape index (κ2) is 4.29. The molecular weight excluding hydrogens is 268 g/mol. The van der Waals surface area contributed by atoms with Gasteiger partial charge in [0.05, 0.1) is 9.08 Å². The Morgan fingerprint density at radius 3 is 2.31 bits per heavy atom. The molecule has 0 saturated heterocycles. The number of halogens is 1. The van der Waals surface area contributed by atoms with Gasteiger partial charge in [-0.2, -0.15) is 0 Å².